The first-order chi connectivity index (χ1) is 16.4. The third-order valence-electron chi connectivity index (χ3n) is 6.39. The third-order valence-corrected chi connectivity index (χ3v) is 6.82. The molecule has 9 nitrogen and oxygen atoms in total. The number of hydrogen-bond donors (Lipinski definition) is 1. The molecule has 0 saturated carbocycles. The monoisotopic (exact) mass is 488 g/mol. The fourth-order valence-electron chi connectivity index (χ4n) is 4.53. The van der Waals surface area contributed by atoms with Gasteiger partial charge in [-0.15, -0.1) is 0 Å². The number of aryl methyl sites for hydroxylation is 1. The molecule has 34 heavy (non-hydrogen) atoms. The summed E-state index contributed by atoms with van der Waals surface area (Å²) in [6.45, 7) is 0.976. The van der Waals surface area contributed by atoms with Gasteiger partial charge < -0.3 is 20.1 Å². The lowest BCUT2D eigenvalue weighted by molar-refractivity contribution is -0.148. The van der Waals surface area contributed by atoms with Crippen molar-refractivity contribution in [2.75, 3.05) is 39.9 Å². The SMILES string of the molecule is COC(=O)C1CN(C(=O)c2ccc3c(Cl)c4c(nc3c2)CCCC4)CCN1C(=O)OCCCN. The van der Waals surface area contributed by atoms with E-state index in [1.165, 1.54) is 12.0 Å². The number of halogens is 1. The predicted molar refractivity (Wildman–Crippen MR) is 127 cm³/mol. The van der Waals surface area contributed by atoms with Gasteiger partial charge in [0, 0.05) is 29.7 Å². The molecule has 1 unspecified atom stereocenters. The van der Waals surface area contributed by atoms with Crippen LogP contribution in [0.15, 0.2) is 18.2 Å². The van der Waals surface area contributed by atoms with E-state index in [1.54, 1.807) is 17.0 Å². The van der Waals surface area contributed by atoms with Gasteiger partial charge in [-0.3, -0.25) is 14.7 Å². The maximum absolute atomic E-state index is 13.3. The Hall–Kier alpha value is -2.91. The number of pyridine rings is 1. The van der Waals surface area contributed by atoms with Crippen molar-refractivity contribution in [3.8, 4) is 0 Å². The highest BCUT2D eigenvalue weighted by Gasteiger charge is 2.38. The number of piperazine rings is 1. The number of benzene rings is 1. The standard InChI is InChI=1S/C24H29ClN4O5/c1-33-23(31)20-14-28(10-11-29(20)24(32)34-12-4-9-26)22(30)15-7-8-17-19(13-15)27-18-6-3-2-5-16(18)21(17)25/h7-8,13,20H,2-6,9-12,14,26H2,1H3. The highest BCUT2D eigenvalue weighted by atomic mass is 35.5. The summed E-state index contributed by atoms with van der Waals surface area (Å²) in [6, 6.07) is 4.36. The zero-order valence-corrected chi connectivity index (χ0v) is 20.0. The van der Waals surface area contributed by atoms with E-state index in [9.17, 15) is 14.4 Å². The minimum Gasteiger partial charge on any atom is -0.467 e. The minimum atomic E-state index is -0.951. The number of rotatable bonds is 5. The topological polar surface area (TPSA) is 115 Å². The van der Waals surface area contributed by atoms with Crippen molar-refractivity contribution in [1.29, 1.82) is 0 Å². The molecule has 0 spiro atoms. The molecule has 1 saturated heterocycles. The molecule has 10 heteroatoms. The van der Waals surface area contributed by atoms with Crippen LogP contribution < -0.4 is 5.73 Å². The van der Waals surface area contributed by atoms with Crippen LogP contribution in [-0.4, -0.2) is 78.7 Å². The van der Waals surface area contributed by atoms with Crippen molar-refractivity contribution in [2.24, 2.45) is 5.73 Å². The Balaban J connectivity index is 1.54. The number of nitrogens with zero attached hydrogens (tertiary/aromatic N) is 3. The molecule has 2 aliphatic rings. The highest BCUT2D eigenvalue weighted by Crippen LogP contribution is 2.33. The van der Waals surface area contributed by atoms with E-state index in [0.717, 1.165) is 42.3 Å². The van der Waals surface area contributed by atoms with Gasteiger partial charge in [-0.05, 0) is 56.3 Å². The molecule has 1 aliphatic heterocycles. The maximum Gasteiger partial charge on any atom is 0.410 e. The van der Waals surface area contributed by atoms with Crippen LogP contribution in [0, 0.1) is 0 Å². The Labute approximate surface area is 203 Å². The van der Waals surface area contributed by atoms with E-state index in [-0.39, 0.29) is 32.1 Å². The number of ether oxygens (including phenoxy) is 2. The van der Waals surface area contributed by atoms with Crippen molar-refractivity contribution < 1.29 is 23.9 Å². The van der Waals surface area contributed by atoms with Crippen LogP contribution in [-0.2, 0) is 27.1 Å². The first-order valence-corrected chi connectivity index (χ1v) is 11.9. The van der Waals surface area contributed by atoms with Gasteiger partial charge in [0.05, 0.1) is 30.8 Å². The fraction of sp³-hybridized carbons (Fsp3) is 0.500. The van der Waals surface area contributed by atoms with Gasteiger partial charge in [0.1, 0.15) is 0 Å². The molecule has 2 N–H and O–H groups in total. The van der Waals surface area contributed by atoms with Gasteiger partial charge in [-0.1, -0.05) is 17.7 Å². The Morgan fingerprint density at radius 2 is 2.00 bits per heavy atom. The Morgan fingerprint density at radius 1 is 1.21 bits per heavy atom. The third kappa shape index (κ3) is 4.81. The summed E-state index contributed by atoms with van der Waals surface area (Å²) in [7, 11) is 1.25. The van der Waals surface area contributed by atoms with Crippen molar-refractivity contribution in [3.63, 3.8) is 0 Å². The zero-order chi connectivity index (χ0) is 24.2. The van der Waals surface area contributed by atoms with E-state index in [1.807, 2.05) is 6.07 Å². The molecule has 1 aromatic heterocycles. The number of carbonyl (C=O) groups is 3. The van der Waals surface area contributed by atoms with E-state index in [4.69, 9.17) is 31.8 Å². The van der Waals surface area contributed by atoms with Crippen LogP contribution in [0.25, 0.3) is 10.9 Å². The van der Waals surface area contributed by atoms with Crippen LogP contribution >= 0.6 is 11.6 Å². The normalized spacial score (nSPS) is 17.9. The summed E-state index contributed by atoms with van der Waals surface area (Å²) >= 11 is 6.66. The molecule has 1 aliphatic carbocycles. The second-order valence-electron chi connectivity index (χ2n) is 8.53. The summed E-state index contributed by atoms with van der Waals surface area (Å²) in [4.78, 5) is 45.9. The minimum absolute atomic E-state index is 0.00784. The Kier molecular flexibility index (Phi) is 7.53. The van der Waals surface area contributed by atoms with Gasteiger partial charge in [-0.2, -0.15) is 0 Å². The lowest BCUT2D eigenvalue weighted by Gasteiger charge is -2.39. The quantitative estimate of drug-likeness (QED) is 0.508. The maximum atomic E-state index is 13.3. The average molecular weight is 489 g/mol. The smallest absolute Gasteiger partial charge is 0.410 e. The van der Waals surface area contributed by atoms with Crippen LogP contribution in [0.1, 0.15) is 40.9 Å². The molecule has 4 rings (SSSR count). The summed E-state index contributed by atoms with van der Waals surface area (Å²) in [6.07, 6.45) is 3.89. The molecular weight excluding hydrogens is 460 g/mol. The Bertz CT molecular complexity index is 1110. The molecule has 182 valence electrons. The van der Waals surface area contributed by atoms with E-state index >= 15 is 0 Å². The van der Waals surface area contributed by atoms with Crippen molar-refractivity contribution in [1.82, 2.24) is 14.8 Å². The van der Waals surface area contributed by atoms with Crippen molar-refractivity contribution >= 4 is 40.5 Å². The number of aromatic nitrogens is 1. The molecule has 0 radical (unpaired) electrons. The van der Waals surface area contributed by atoms with Gasteiger partial charge in [0.15, 0.2) is 6.04 Å². The largest absolute Gasteiger partial charge is 0.467 e. The molecule has 0 bridgehead atoms. The van der Waals surface area contributed by atoms with Crippen LogP contribution in [0.2, 0.25) is 5.02 Å². The van der Waals surface area contributed by atoms with Crippen LogP contribution in [0.3, 0.4) is 0 Å². The summed E-state index contributed by atoms with van der Waals surface area (Å²) in [5.74, 6) is -0.852. The second kappa shape index (κ2) is 10.6. The number of methoxy groups -OCH3 is 1. The fourth-order valence-corrected chi connectivity index (χ4v) is 4.90. The van der Waals surface area contributed by atoms with Crippen molar-refractivity contribution in [2.45, 2.75) is 38.1 Å². The first kappa shape index (κ1) is 24.2. The summed E-state index contributed by atoms with van der Waals surface area (Å²) in [5, 5.41) is 1.54. The molecule has 1 atom stereocenters. The molecule has 2 amide bonds. The molecule has 2 aromatic rings. The number of esters is 1. The molecular formula is C24H29ClN4O5. The Morgan fingerprint density at radius 3 is 2.76 bits per heavy atom. The number of carbonyl (C=O) groups excluding carboxylic acids is 3. The highest BCUT2D eigenvalue weighted by molar-refractivity contribution is 6.36. The number of nitrogens with two attached hydrogens (primary N) is 1. The van der Waals surface area contributed by atoms with Crippen molar-refractivity contribution in [3.05, 3.63) is 40.0 Å². The number of fused-ring (bicyclic) bond motifs is 2. The van der Waals surface area contributed by atoms with E-state index < -0.39 is 18.1 Å². The van der Waals surface area contributed by atoms with Crippen LogP contribution in [0.5, 0.6) is 0 Å². The van der Waals surface area contributed by atoms with Crippen LogP contribution in [0.4, 0.5) is 4.79 Å². The number of hydrogen-bond acceptors (Lipinski definition) is 7. The van der Waals surface area contributed by atoms with E-state index in [2.05, 4.69) is 0 Å². The van der Waals surface area contributed by atoms with Gasteiger partial charge in [0.2, 0.25) is 0 Å². The summed E-state index contributed by atoms with van der Waals surface area (Å²) < 4.78 is 10.1. The van der Waals surface area contributed by atoms with Gasteiger partial charge >= 0.3 is 12.1 Å². The predicted octanol–water partition coefficient (Wildman–Crippen LogP) is 2.55. The lowest BCUT2D eigenvalue weighted by Crippen LogP contribution is -2.59. The zero-order valence-electron chi connectivity index (χ0n) is 19.2. The second-order valence-corrected chi connectivity index (χ2v) is 8.91. The molecule has 1 aromatic carbocycles. The lowest BCUT2D eigenvalue weighted by atomic mass is 9.94. The molecule has 1 fully saturated rings. The summed E-state index contributed by atoms with van der Waals surface area (Å²) in [5.41, 5.74) is 8.68. The average Bonchev–Trinajstić information content (AvgIpc) is 2.87. The number of amides is 2. The van der Waals surface area contributed by atoms with Gasteiger partial charge in [0.25, 0.3) is 5.91 Å². The van der Waals surface area contributed by atoms with Gasteiger partial charge in [-0.25, -0.2) is 9.59 Å². The molecule has 2 heterocycles. The first-order valence-electron chi connectivity index (χ1n) is 11.6. The van der Waals surface area contributed by atoms with E-state index in [0.29, 0.717) is 29.1 Å².